The Kier molecular flexibility index (Phi) is 7.34. The van der Waals surface area contributed by atoms with Crippen molar-refractivity contribution in [2.45, 2.75) is 26.2 Å². The zero-order chi connectivity index (χ0) is 17.4. The molecule has 1 fully saturated rings. The van der Waals surface area contributed by atoms with Crippen molar-refractivity contribution in [1.29, 1.82) is 0 Å². The molecule has 1 aromatic carbocycles. The molecule has 2 rings (SSSR count). The summed E-state index contributed by atoms with van der Waals surface area (Å²) in [6, 6.07) is 8.28. The molecule has 0 radical (unpaired) electrons. The van der Waals surface area contributed by atoms with Gasteiger partial charge in [0, 0.05) is 37.3 Å². The van der Waals surface area contributed by atoms with E-state index in [-0.39, 0.29) is 18.6 Å². The van der Waals surface area contributed by atoms with Crippen LogP contribution >= 0.6 is 0 Å². The highest BCUT2D eigenvalue weighted by Crippen LogP contribution is 2.23. The molecule has 0 unspecified atom stereocenters. The first-order valence-corrected chi connectivity index (χ1v) is 8.93. The SMILES string of the molecule is COc1ccc(N2CCN(CCCCC(C)(CO)CO)CC2)cc1. The van der Waals surface area contributed by atoms with Crippen LogP contribution in [0.25, 0.3) is 0 Å². The number of hydrogen-bond acceptors (Lipinski definition) is 5. The van der Waals surface area contributed by atoms with Gasteiger partial charge in [0.25, 0.3) is 0 Å². The first-order chi connectivity index (χ1) is 11.6. The van der Waals surface area contributed by atoms with Crippen LogP contribution in [0.2, 0.25) is 0 Å². The van der Waals surface area contributed by atoms with Gasteiger partial charge in [-0.05, 0) is 43.7 Å². The maximum Gasteiger partial charge on any atom is 0.119 e. The monoisotopic (exact) mass is 336 g/mol. The normalized spacial score (nSPS) is 16.4. The van der Waals surface area contributed by atoms with E-state index >= 15 is 0 Å². The summed E-state index contributed by atoms with van der Waals surface area (Å²) in [4.78, 5) is 4.93. The van der Waals surface area contributed by atoms with Gasteiger partial charge in [0.1, 0.15) is 5.75 Å². The largest absolute Gasteiger partial charge is 0.497 e. The Balaban J connectivity index is 1.67. The third-order valence-corrected chi connectivity index (χ3v) is 5.08. The molecule has 1 heterocycles. The Labute approximate surface area is 145 Å². The van der Waals surface area contributed by atoms with Crippen molar-refractivity contribution >= 4 is 5.69 Å². The highest BCUT2D eigenvalue weighted by molar-refractivity contribution is 5.49. The van der Waals surface area contributed by atoms with Gasteiger partial charge in [-0.25, -0.2) is 0 Å². The number of hydrogen-bond donors (Lipinski definition) is 2. The molecular formula is C19H32N2O3. The minimum Gasteiger partial charge on any atom is -0.497 e. The predicted octanol–water partition coefficient (Wildman–Crippen LogP) is 1.98. The highest BCUT2D eigenvalue weighted by atomic mass is 16.5. The maximum atomic E-state index is 9.32. The summed E-state index contributed by atoms with van der Waals surface area (Å²) in [5.74, 6) is 0.898. The van der Waals surface area contributed by atoms with Crippen LogP contribution in [0.15, 0.2) is 24.3 Å². The minimum atomic E-state index is -0.326. The Hall–Kier alpha value is -1.30. The first kappa shape index (κ1) is 19.0. The van der Waals surface area contributed by atoms with Gasteiger partial charge in [-0.2, -0.15) is 0 Å². The molecule has 0 bridgehead atoms. The van der Waals surface area contributed by atoms with Crippen LogP contribution in [0.3, 0.4) is 0 Å². The number of aliphatic hydroxyl groups excluding tert-OH is 2. The number of ether oxygens (including phenoxy) is 1. The zero-order valence-electron chi connectivity index (χ0n) is 15.1. The molecule has 0 atom stereocenters. The number of methoxy groups -OCH3 is 1. The first-order valence-electron chi connectivity index (χ1n) is 8.93. The van der Waals surface area contributed by atoms with E-state index in [9.17, 15) is 10.2 Å². The summed E-state index contributed by atoms with van der Waals surface area (Å²) < 4.78 is 5.21. The number of rotatable bonds is 9. The number of unbranched alkanes of at least 4 members (excludes halogenated alkanes) is 1. The Bertz CT molecular complexity index is 466. The summed E-state index contributed by atoms with van der Waals surface area (Å²) in [7, 11) is 1.69. The molecule has 0 spiro atoms. The van der Waals surface area contributed by atoms with Crippen molar-refractivity contribution in [1.82, 2.24) is 4.90 Å². The van der Waals surface area contributed by atoms with Gasteiger partial charge in [-0.15, -0.1) is 0 Å². The lowest BCUT2D eigenvalue weighted by Crippen LogP contribution is -2.46. The van der Waals surface area contributed by atoms with Gasteiger partial charge in [-0.1, -0.05) is 13.3 Å². The topological polar surface area (TPSA) is 56.2 Å². The molecule has 5 nitrogen and oxygen atoms in total. The van der Waals surface area contributed by atoms with E-state index < -0.39 is 0 Å². The number of aliphatic hydroxyl groups is 2. The van der Waals surface area contributed by atoms with Crippen LogP contribution in [-0.2, 0) is 0 Å². The van der Waals surface area contributed by atoms with E-state index in [1.807, 2.05) is 19.1 Å². The highest BCUT2D eigenvalue weighted by Gasteiger charge is 2.22. The molecule has 0 aliphatic carbocycles. The molecular weight excluding hydrogens is 304 g/mol. The Morgan fingerprint density at radius 3 is 2.17 bits per heavy atom. The second kappa shape index (κ2) is 9.25. The van der Waals surface area contributed by atoms with Crippen LogP contribution in [0.4, 0.5) is 5.69 Å². The van der Waals surface area contributed by atoms with Crippen molar-refractivity contribution in [3.05, 3.63) is 24.3 Å². The molecule has 1 aromatic rings. The van der Waals surface area contributed by atoms with E-state index in [1.54, 1.807) is 7.11 Å². The summed E-state index contributed by atoms with van der Waals surface area (Å²) in [6.45, 7) is 7.44. The standard InChI is InChI=1S/C19H32N2O3/c1-19(15-22,16-23)9-3-4-10-20-11-13-21(14-12-20)17-5-7-18(24-2)8-6-17/h5-8,22-23H,3-4,9-16H2,1-2H3. The van der Waals surface area contributed by atoms with Crippen LogP contribution in [-0.4, -0.2) is 68.2 Å². The van der Waals surface area contributed by atoms with Crippen LogP contribution in [0, 0.1) is 5.41 Å². The molecule has 1 aliphatic rings. The van der Waals surface area contributed by atoms with Gasteiger partial charge >= 0.3 is 0 Å². The molecule has 0 aromatic heterocycles. The van der Waals surface area contributed by atoms with Gasteiger partial charge in [0.2, 0.25) is 0 Å². The van der Waals surface area contributed by atoms with Crippen molar-refractivity contribution < 1.29 is 14.9 Å². The van der Waals surface area contributed by atoms with E-state index in [0.717, 1.165) is 57.7 Å². The lowest BCUT2D eigenvalue weighted by Gasteiger charge is -2.36. The fourth-order valence-electron chi connectivity index (χ4n) is 3.12. The second-order valence-corrected chi connectivity index (χ2v) is 7.11. The molecule has 24 heavy (non-hydrogen) atoms. The van der Waals surface area contributed by atoms with Crippen molar-refractivity contribution in [2.75, 3.05) is 57.9 Å². The van der Waals surface area contributed by atoms with Crippen LogP contribution < -0.4 is 9.64 Å². The van der Waals surface area contributed by atoms with E-state index in [1.165, 1.54) is 5.69 Å². The number of piperazine rings is 1. The molecule has 136 valence electrons. The molecule has 1 aliphatic heterocycles. The summed E-state index contributed by atoms with van der Waals surface area (Å²) in [5.41, 5.74) is 0.935. The van der Waals surface area contributed by atoms with Gasteiger partial charge in [-0.3, -0.25) is 4.90 Å². The molecule has 1 saturated heterocycles. The van der Waals surface area contributed by atoms with Gasteiger partial charge in [0.05, 0.1) is 20.3 Å². The average Bonchev–Trinajstić information content (AvgIpc) is 2.65. The lowest BCUT2D eigenvalue weighted by atomic mass is 9.87. The number of benzene rings is 1. The van der Waals surface area contributed by atoms with Crippen molar-refractivity contribution in [3.8, 4) is 5.75 Å². The molecule has 0 saturated carbocycles. The Morgan fingerprint density at radius 2 is 1.62 bits per heavy atom. The molecule has 0 amide bonds. The van der Waals surface area contributed by atoms with Crippen molar-refractivity contribution in [3.63, 3.8) is 0 Å². The third-order valence-electron chi connectivity index (χ3n) is 5.08. The summed E-state index contributed by atoms with van der Waals surface area (Å²) >= 11 is 0. The quantitative estimate of drug-likeness (QED) is 0.675. The van der Waals surface area contributed by atoms with E-state index in [0.29, 0.717) is 0 Å². The van der Waals surface area contributed by atoms with Gasteiger partial charge in [0.15, 0.2) is 0 Å². The van der Waals surface area contributed by atoms with E-state index in [2.05, 4.69) is 21.9 Å². The Morgan fingerprint density at radius 1 is 1.00 bits per heavy atom. The second-order valence-electron chi connectivity index (χ2n) is 7.11. The zero-order valence-corrected chi connectivity index (χ0v) is 15.1. The lowest BCUT2D eigenvalue weighted by molar-refractivity contribution is 0.0598. The smallest absolute Gasteiger partial charge is 0.119 e. The predicted molar refractivity (Wildman–Crippen MR) is 97.8 cm³/mol. The summed E-state index contributed by atoms with van der Waals surface area (Å²) in [5, 5.41) is 18.6. The maximum absolute atomic E-state index is 9.32. The minimum absolute atomic E-state index is 0.0596. The van der Waals surface area contributed by atoms with Crippen LogP contribution in [0.1, 0.15) is 26.2 Å². The van der Waals surface area contributed by atoms with Crippen LogP contribution in [0.5, 0.6) is 5.75 Å². The fraction of sp³-hybridized carbons (Fsp3) is 0.684. The van der Waals surface area contributed by atoms with Gasteiger partial charge < -0.3 is 19.8 Å². The van der Waals surface area contributed by atoms with Crippen molar-refractivity contribution in [2.24, 2.45) is 5.41 Å². The fourth-order valence-corrected chi connectivity index (χ4v) is 3.12. The van der Waals surface area contributed by atoms with E-state index in [4.69, 9.17) is 4.74 Å². The third kappa shape index (κ3) is 5.36. The number of anilines is 1. The number of nitrogens with zero attached hydrogens (tertiary/aromatic N) is 2. The molecule has 5 heteroatoms. The molecule has 2 N–H and O–H groups in total. The average molecular weight is 336 g/mol. The summed E-state index contributed by atoms with van der Waals surface area (Å²) in [6.07, 6.45) is 3.06.